The summed E-state index contributed by atoms with van der Waals surface area (Å²) >= 11 is 26.9. The minimum absolute atomic E-state index is 0.180. The number of hydrogen-bond acceptors (Lipinski definition) is 12. The van der Waals surface area contributed by atoms with E-state index in [-0.39, 0.29) is 65.8 Å². The molecular weight excluding hydrogens is 990 g/mol. The molecule has 0 aliphatic carbocycles. The SMILES string of the molecule is CCn1c(=O)[nH]c2cc3c(cc21)Oc1c(Cl)c2c(c(Cl)c1=N3)Oc1cc3c(cc1N=2)[nH]c(=O)n3CC.Cn1c(=O)[nH]c2cc3c(cc21)Oc1c(Cl)c2c(c(Cl)c1=N3)Oc1cc3c(cc1N=2)[nH]c(=O)n3C. The van der Waals surface area contributed by atoms with E-state index in [2.05, 4.69) is 39.9 Å². The molecule has 0 amide bonds. The maximum absolute atomic E-state index is 12.3. The number of ether oxygens (including phenoxy) is 4. The zero-order valence-corrected chi connectivity index (χ0v) is 39.4. The van der Waals surface area contributed by atoms with Gasteiger partial charge in [0.15, 0.2) is 46.0 Å². The van der Waals surface area contributed by atoms with Crippen molar-refractivity contribution in [3.05, 3.63) is 132 Å². The summed E-state index contributed by atoms with van der Waals surface area (Å²) in [5, 5.41) is 1.93. The van der Waals surface area contributed by atoms with Crippen LogP contribution in [0.2, 0.25) is 20.1 Å². The van der Waals surface area contributed by atoms with E-state index < -0.39 is 0 Å². The van der Waals surface area contributed by atoms with Gasteiger partial charge < -0.3 is 38.9 Å². The zero-order chi connectivity index (χ0) is 48.3. The van der Waals surface area contributed by atoms with E-state index in [0.717, 1.165) is 0 Å². The molecule has 14 rings (SSSR count). The molecule has 24 heteroatoms. The predicted octanol–water partition coefficient (Wildman–Crippen LogP) is 7.90. The van der Waals surface area contributed by atoms with Crippen molar-refractivity contribution < 1.29 is 18.9 Å². The third kappa shape index (κ3) is 5.90. The number of imidazole rings is 4. The molecule has 0 bridgehead atoms. The molecule has 4 N–H and O–H groups in total. The highest BCUT2D eigenvalue weighted by Gasteiger charge is 2.30. The molecule has 10 aromatic rings. The van der Waals surface area contributed by atoms with Gasteiger partial charge in [-0.25, -0.2) is 39.1 Å². The van der Waals surface area contributed by atoms with Crippen LogP contribution in [0.15, 0.2) is 87.7 Å². The molecule has 8 heterocycles. The van der Waals surface area contributed by atoms with Gasteiger partial charge in [0.05, 0.1) is 44.1 Å². The second-order valence-electron chi connectivity index (χ2n) is 16.5. The standard InChI is InChI=1S/C24H16Cl2N6O4.C22H12Cl2N6O4/c1-3-31-13-7-15-11(5-9(13)29-23(31)33)27-19-18(26)22-20(17(25)21(19)35-15)28-12-6-10-14(8-16(12)36-22)32(4-2)24(34)30-10;1-29-11-5-13-9(3-7(11)27-21(29)31)25-17-16(24)20-18(15(23)19(17)33-13)26-10-4-8-12(6-14(10)34-20)30(2)22(32)28-8/h5-8H,3-4H2,1-2H3,(H,29,33)(H,30,34);3-6H,1-2H3,(H,27,31)(H,28,32). The molecule has 4 aliphatic rings. The summed E-state index contributed by atoms with van der Waals surface area (Å²) in [6.07, 6.45) is 0. The number of halogens is 4. The van der Waals surface area contributed by atoms with Gasteiger partial charge >= 0.3 is 22.8 Å². The molecule has 348 valence electrons. The number of hydrogen-bond donors (Lipinski definition) is 4. The molecule has 0 fully saturated rings. The number of benzene rings is 6. The average Bonchev–Trinajstić information content (AvgIpc) is 4.03. The summed E-state index contributed by atoms with van der Waals surface area (Å²) in [6.45, 7) is 4.78. The maximum Gasteiger partial charge on any atom is 0.326 e. The van der Waals surface area contributed by atoms with Crippen LogP contribution >= 0.6 is 46.4 Å². The minimum Gasteiger partial charge on any atom is -0.451 e. The molecule has 0 spiro atoms. The van der Waals surface area contributed by atoms with Crippen molar-refractivity contribution >= 4 is 113 Å². The first-order valence-electron chi connectivity index (χ1n) is 21.3. The lowest BCUT2D eigenvalue weighted by molar-refractivity contribution is 0.451. The fraction of sp³-hybridized carbons (Fsp3) is 0.130. The Morgan fingerprint density at radius 3 is 0.957 bits per heavy atom. The van der Waals surface area contributed by atoms with Crippen molar-refractivity contribution in [3.63, 3.8) is 0 Å². The third-order valence-electron chi connectivity index (χ3n) is 12.6. The molecule has 0 radical (unpaired) electrons. The fourth-order valence-electron chi connectivity index (χ4n) is 9.08. The Morgan fingerprint density at radius 2 is 0.671 bits per heavy atom. The first kappa shape index (κ1) is 42.1. The van der Waals surface area contributed by atoms with Crippen LogP contribution in [0, 0.1) is 0 Å². The van der Waals surface area contributed by atoms with Crippen molar-refractivity contribution in [3.8, 4) is 46.0 Å². The van der Waals surface area contributed by atoms with E-state index in [0.29, 0.717) is 124 Å². The summed E-state index contributed by atoms with van der Waals surface area (Å²) in [6, 6.07) is 13.8. The maximum atomic E-state index is 12.3. The molecule has 4 aliphatic heterocycles. The van der Waals surface area contributed by atoms with Gasteiger partial charge in [-0.3, -0.25) is 18.3 Å². The molecule has 0 unspecified atom stereocenters. The number of aromatic amines is 4. The van der Waals surface area contributed by atoms with Crippen LogP contribution in [0.1, 0.15) is 13.8 Å². The Bertz CT molecular complexity index is 4360. The highest BCUT2D eigenvalue weighted by Crippen LogP contribution is 2.46. The van der Waals surface area contributed by atoms with Crippen LogP contribution in [0.3, 0.4) is 0 Å². The van der Waals surface area contributed by atoms with Gasteiger partial charge in [-0.05, 0) is 38.1 Å². The van der Waals surface area contributed by atoms with Gasteiger partial charge in [0.1, 0.15) is 64.3 Å². The number of nitrogens with zero attached hydrogens (tertiary/aromatic N) is 8. The first-order valence-corrected chi connectivity index (χ1v) is 22.9. The fourth-order valence-corrected chi connectivity index (χ4v) is 10.1. The number of aromatic nitrogens is 8. The highest BCUT2D eigenvalue weighted by molar-refractivity contribution is 6.36. The summed E-state index contributed by atoms with van der Waals surface area (Å²) in [5.74, 6) is 2.69. The van der Waals surface area contributed by atoms with E-state index in [1.54, 1.807) is 71.8 Å². The molecule has 4 aromatic heterocycles. The van der Waals surface area contributed by atoms with E-state index in [4.69, 9.17) is 65.4 Å². The number of fused-ring (bicyclic) bond motifs is 12. The van der Waals surface area contributed by atoms with Gasteiger partial charge in [0, 0.05) is 51.5 Å². The van der Waals surface area contributed by atoms with E-state index >= 15 is 0 Å². The smallest absolute Gasteiger partial charge is 0.326 e. The number of H-pyrrole nitrogens is 4. The Labute approximate surface area is 407 Å². The lowest BCUT2D eigenvalue weighted by Gasteiger charge is -2.21. The first-order chi connectivity index (χ1) is 33.7. The number of aryl methyl sites for hydroxylation is 4. The zero-order valence-electron chi connectivity index (χ0n) is 36.4. The summed E-state index contributed by atoms with van der Waals surface area (Å²) < 4.78 is 30.7. The minimum atomic E-state index is -0.250. The Hall–Kier alpha value is -8.04. The van der Waals surface area contributed by atoms with E-state index in [1.165, 1.54) is 9.13 Å². The molecule has 6 aromatic carbocycles. The van der Waals surface area contributed by atoms with Crippen molar-refractivity contribution in [2.24, 2.45) is 34.1 Å². The second kappa shape index (κ2) is 14.7. The summed E-state index contributed by atoms with van der Waals surface area (Å²) in [5.41, 5.74) is 6.22. The lowest BCUT2D eigenvalue weighted by Crippen LogP contribution is -2.22. The van der Waals surface area contributed by atoms with Crippen LogP contribution < -0.4 is 63.1 Å². The van der Waals surface area contributed by atoms with E-state index in [1.807, 2.05) is 13.8 Å². The monoisotopic (exact) mass is 1020 g/mol. The van der Waals surface area contributed by atoms with Crippen molar-refractivity contribution in [2.75, 3.05) is 0 Å². The van der Waals surface area contributed by atoms with Gasteiger partial charge in [-0.2, -0.15) is 0 Å². The molecule has 20 nitrogen and oxygen atoms in total. The highest BCUT2D eigenvalue weighted by atomic mass is 35.5. The van der Waals surface area contributed by atoms with Crippen molar-refractivity contribution in [2.45, 2.75) is 26.9 Å². The van der Waals surface area contributed by atoms with Crippen molar-refractivity contribution in [1.29, 1.82) is 0 Å². The molecule has 70 heavy (non-hydrogen) atoms. The second-order valence-corrected chi connectivity index (χ2v) is 18.0. The molecule has 0 saturated heterocycles. The molecule has 0 atom stereocenters. The van der Waals surface area contributed by atoms with Crippen molar-refractivity contribution in [1.82, 2.24) is 38.2 Å². The third-order valence-corrected chi connectivity index (χ3v) is 14.0. The molecule has 0 saturated carbocycles. The van der Waals surface area contributed by atoms with Gasteiger partial charge in [-0.15, -0.1) is 0 Å². The normalized spacial score (nSPS) is 13.3. The van der Waals surface area contributed by atoms with Gasteiger partial charge in [0.2, 0.25) is 0 Å². The predicted molar refractivity (Wildman–Crippen MR) is 260 cm³/mol. The lowest BCUT2D eigenvalue weighted by atomic mass is 10.2. The Morgan fingerprint density at radius 1 is 0.414 bits per heavy atom. The summed E-state index contributed by atoms with van der Waals surface area (Å²) in [4.78, 5) is 78.4. The van der Waals surface area contributed by atoms with Gasteiger partial charge in [-0.1, -0.05) is 46.4 Å². The largest absolute Gasteiger partial charge is 0.451 e. The van der Waals surface area contributed by atoms with Gasteiger partial charge in [0.25, 0.3) is 0 Å². The Kier molecular flexibility index (Phi) is 8.86. The number of nitrogens with one attached hydrogen (secondary N) is 4. The van der Waals surface area contributed by atoms with Crippen LogP contribution in [0.4, 0.5) is 22.7 Å². The van der Waals surface area contributed by atoms with Crippen LogP contribution in [-0.2, 0) is 27.2 Å². The van der Waals surface area contributed by atoms with E-state index in [9.17, 15) is 19.2 Å². The van der Waals surface area contributed by atoms with Crippen LogP contribution in [0.5, 0.6) is 46.0 Å². The number of rotatable bonds is 2. The molecular formula is C46H28Cl4N12O8. The Balaban J connectivity index is 0.000000137. The average molecular weight is 1020 g/mol. The quantitative estimate of drug-likeness (QED) is 0.132. The van der Waals surface area contributed by atoms with Crippen LogP contribution in [-0.4, -0.2) is 38.2 Å². The van der Waals surface area contributed by atoms with Crippen LogP contribution in [0.25, 0.3) is 44.1 Å². The topological polar surface area (TPSA) is 238 Å². The summed E-state index contributed by atoms with van der Waals surface area (Å²) in [7, 11) is 3.32.